The number of nitrogens with zero attached hydrogens (tertiary/aromatic N) is 3. The van der Waals surface area contributed by atoms with Crippen LogP contribution in [0.2, 0.25) is 0 Å². The third-order valence-corrected chi connectivity index (χ3v) is 5.91. The molecule has 1 saturated heterocycles. The number of nitrogens with one attached hydrogen (secondary N) is 1. The number of methoxy groups -OCH3 is 1. The molecule has 1 aromatic heterocycles. The Morgan fingerprint density at radius 2 is 1.61 bits per heavy atom. The summed E-state index contributed by atoms with van der Waals surface area (Å²) in [6.07, 6.45) is -2.63. The number of rotatable bonds is 6. The van der Waals surface area contributed by atoms with Crippen LogP contribution in [-0.4, -0.2) is 55.0 Å². The minimum absolute atomic E-state index is 0.162. The normalized spacial score (nSPS) is 13.9. The molecular formula is C26H25F3N4O3. The Labute approximate surface area is 206 Å². The second kappa shape index (κ2) is 10.7. The van der Waals surface area contributed by atoms with E-state index in [4.69, 9.17) is 4.74 Å². The molecule has 0 bridgehead atoms. The SMILES string of the molecule is COc1ccc(CC(=O)Nc2ccc(N3CCN(C(=O)c4ccc(C(F)(F)F)cc4)CC3)nc2)cc1. The molecule has 7 nitrogen and oxygen atoms in total. The van der Waals surface area contributed by atoms with Gasteiger partial charge in [-0.3, -0.25) is 9.59 Å². The van der Waals surface area contributed by atoms with Gasteiger partial charge in [-0.2, -0.15) is 13.2 Å². The first-order valence-corrected chi connectivity index (χ1v) is 11.3. The van der Waals surface area contributed by atoms with Crippen LogP contribution in [0.3, 0.4) is 0 Å². The van der Waals surface area contributed by atoms with Crippen LogP contribution >= 0.6 is 0 Å². The predicted molar refractivity (Wildman–Crippen MR) is 129 cm³/mol. The van der Waals surface area contributed by atoms with Crippen molar-refractivity contribution in [2.24, 2.45) is 0 Å². The van der Waals surface area contributed by atoms with Crippen molar-refractivity contribution in [1.82, 2.24) is 9.88 Å². The maximum Gasteiger partial charge on any atom is 0.416 e. The topological polar surface area (TPSA) is 74.8 Å². The van der Waals surface area contributed by atoms with Crippen molar-refractivity contribution in [2.75, 3.05) is 43.5 Å². The van der Waals surface area contributed by atoms with Gasteiger partial charge in [-0.05, 0) is 54.1 Å². The third-order valence-electron chi connectivity index (χ3n) is 5.91. The van der Waals surface area contributed by atoms with E-state index in [1.165, 1.54) is 12.1 Å². The molecule has 0 atom stereocenters. The second-order valence-electron chi connectivity index (χ2n) is 8.33. The summed E-state index contributed by atoms with van der Waals surface area (Å²) in [6.45, 7) is 1.90. The molecule has 36 heavy (non-hydrogen) atoms. The number of aromatic nitrogens is 1. The lowest BCUT2D eigenvalue weighted by Crippen LogP contribution is -2.49. The number of benzene rings is 2. The first-order valence-electron chi connectivity index (χ1n) is 11.3. The Bertz CT molecular complexity index is 1190. The smallest absolute Gasteiger partial charge is 0.416 e. The van der Waals surface area contributed by atoms with Gasteiger partial charge in [0.1, 0.15) is 11.6 Å². The molecule has 1 aliphatic rings. The second-order valence-corrected chi connectivity index (χ2v) is 8.33. The Kier molecular flexibility index (Phi) is 7.42. The fourth-order valence-electron chi connectivity index (χ4n) is 3.90. The zero-order valence-corrected chi connectivity index (χ0v) is 19.6. The highest BCUT2D eigenvalue weighted by Crippen LogP contribution is 2.29. The van der Waals surface area contributed by atoms with Crippen molar-refractivity contribution in [2.45, 2.75) is 12.6 Å². The van der Waals surface area contributed by atoms with Crippen LogP contribution in [0.25, 0.3) is 0 Å². The van der Waals surface area contributed by atoms with Gasteiger partial charge in [0, 0.05) is 31.7 Å². The molecule has 2 aromatic carbocycles. The number of carbonyl (C=O) groups is 2. The molecule has 2 amide bonds. The van der Waals surface area contributed by atoms with Crippen LogP contribution in [0.4, 0.5) is 24.7 Å². The summed E-state index contributed by atoms with van der Waals surface area (Å²) in [4.78, 5) is 33.1. The van der Waals surface area contributed by atoms with E-state index < -0.39 is 11.7 Å². The van der Waals surface area contributed by atoms with Gasteiger partial charge in [0.05, 0.1) is 31.0 Å². The predicted octanol–water partition coefficient (Wildman–Crippen LogP) is 4.25. The minimum Gasteiger partial charge on any atom is -0.497 e. The molecule has 0 unspecified atom stereocenters. The van der Waals surface area contributed by atoms with Crippen molar-refractivity contribution in [1.29, 1.82) is 0 Å². The Hall–Kier alpha value is -4.08. The molecule has 0 spiro atoms. The first kappa shape index (κ1) is 25.0. The number of piperazine rings is 1. The highest BCUT2D eigenvalue weighted by atomic mass is 19.4. The van der Waals surface area contributed by atoms with Crippen LogP contribution in [0, 0.1) is 0 Å². The molecular weight excluding hydrogens is 473 g/mol. The van der Waals surface area contributed by atoms with Crippen LogP contribution in [0.5, 0.6) is 5.75 Å². The lowest BCUT2D eigenvalue weighted by molar-refractivity contribution is -0.137. The molecule has 4 rings (SSSR count). The fourth-order valence-corrected chi connectivity index (χ4v) is 3.90. The number of hydrogen-bond donors (Lipinski definition) is 1. The molecule has 0 saturated carbocycles. The molecule has 188 valence electrons. The molecule has 1 aliphatic heterocycles. The summed E-state index contributed by atoms with van der Waals surface area (Å²) < 4.78 is 43.4. The molecule has 0 radical (unpaired) electrons. The lowest BCUT2D eigenvalue weighted by atomic mass is 10.1. The highest BCUT2D eigenvalue weighted by molar-refractivity contribution is 5.94. The number of alkyl halides is 3. The van der Waals surface area contributed by atoms with Gasteiger partial charge in [-0.1, -0.05) is 12.1 Å². The minimum atomic E-state index is -4.44. The highest BCUT2D eigenvalue weighted by Gasteiger charge is 2.30. The van der Waals surface area contributed by atoms with Crippen LogP contribution in [0.1, 0.15) is 21.5 Å². The van der Waals surface area contributed by atoms with Gasteiger partial charge in [0.25, 0.3) is 5.91 Å². The molecule has 2 heterocycles. The number of hydrogen-bond acceptors (Lipinski definition) is 5. The Morgan fingerprint density at radius 1 is 0.944 bits per heavy atom. The molecule has 3 aromatic rings. The number of anilines is 2. The van der Waals surface area contributed by atoms with Crippen molar-refractivity contribution in [3.8, 4) is 5.75 Å². The summed E-state index contributed by atoms with van der Waals surface area (Å²) in [5.74, 6) is 0.977. The Balaban J connectivity index is 1.28. The van der Waals surface area contributed by atoms with Crippen molar-refractivity contribution >= 4 is 23.3 Å². The van der Waals surface area contributed by atoms with Crippen molar-refractivity contribution in [3.63, 3.8) is 0 Å². The maximum absolute atomic E-state index is 12.7. The van der Waals surface area contributed by atoms with Crippen molar-refractivity contribution in [3.05, 3.63) is 83.6 Å². The number of pyridine rings is 1. The molecule has 1 fully saturated rings. The summed E-state index contributed by atoms with van der Waals surface area (Å²) >= 11 is 0. The van der Waals surface area contributed by atoms with E-state index in [1.807, 2.05) is 17.0 Å². The number of ether oxygens (including phenoxy) is 1. The number of halogens is 3. The summed E-state index contributed by atoms with van der Waals surface area (Å²) in [5, 5.41) is 2.83. The van der Waals surface area contributed by atoms with Gasteiger partial charge in [0.2, 0.25) is 5.91 Å². The van der Waals surface area contributed by atoms with Crippen LogP contribution in [-0.2, 0) is 17.4 Å². The van der Waals surface area contributed by atoms with E-state index in [0.29, 0.717) is 37.7 Å². The van der Waals surface area contributed by atoms with E-state index in [9.17, 15) is 22.8 Å². The molecule has 1 N–H and O–H groups in total. The third kappa shape index (κ3) is 6.12. The Morgan fingerprint density at radius 3 is 2.17 bits per heavy atom. The monoisotopic (exact) mass is 498 g/mol. The van der Waals surface area contributed by atoms with E-state index in [0.717, 1.165) is 23.4 Å². The summed E-state index contributed by atoms with van der Waals surface area (Å²) in [7, 11) is 1.58. The quantitative estimate of drug-likeness (QED) is 0.550. The molecule has 0 aliphatic carbocycles. The van der Waals surface area contributed by atoms with E-state index in [2.05, 4.69) is 10.3 Å². The van der Waals surface area contributed by atoms with Gasteiger partial charge in [-0.15, -0.1) is 0 Å². The zero-order chi connectivity index (χ0) is 25.7. The zero-order valence-electron chi connectivity index (χ0n) is 19.6. The van der Waals surface area contributed by atoms with Crippen LogP contribution in [0.15, 0.2) is 66.9 Å². The molecule has 10 heteroatoms. The van der Waals surface area contributed by atoms with Crippen LogP contribution < -0.4 is 15.0 Å². The first-order chi connectivity index (χ1) is 17.2. The van der Waals surface area contributed by atoms with Crippen molar-refractivity contribution < 1.29 is 27.5 Å². The maximum atomic E-state index is 12.7. The average molecular weight is 499 g/mol. The average Bonchev–Trinajstić information content (AvgIpc) is 2.89. The number of amides is 2. The standard InChI is InChI=1S/C26H25F3N4O3/c1-36-22-9-2-18(3-10-22)16-24(34)31-21-8-11-23(30-17-21)32-12-14-33(15-13-32)25(35)19-4-6-20(7-5-19)26(27,28)29/h2-11,17H,12-16H2,1H3,(H,31,34). The van der Waals surface area contributed by atoms with Gasteiger partial charge < -0.3 is 19.9 Å². The van der Waals surface area contributed by atoms with E-state index in [-0.39, 0.29) is 23.8 Å². The van der Waals surface area contributed by atoms with E-state index in [1.54, 1.807) is 42.5 Å². The summed E-state index contributed by atoms with van der Waals surface area (Å²) in [6, 6.07) is 15.1. The fraction of sp³-hybridized carbons (Fsp3) is 0.269. The number of carbonyl (C=O) groups excluding carboxylic acids is 2. The largest absolute Gasteiger partial charge is 0.497 e. The van der Waals surface area contributed by atoms with Gasteiger partial charge >= 0.3 is 6.18 Å². The van der Waals surface area contributed by atoms with Gasteiger partial charge in [-0.25, -0.2) is 4.98 Å². The van der Waals surface area contributed by atoms with Gasteiger partial charge in [0.15, 0.2) is 0 Å². The van der Waals surface area contributed by atoms with E-state index >= 15 is 0 Å². The lowest BCUT2D eigenvalue weighted by Gasteiger charge is -2.35. The summed E-state index contributed by atoms with van der Waals surface area (Å²) in [5.41, 5.74) is 0.884.